The van der Waals surface area contributed by atoms with E-state index in [0.29, 0.717) is 0 Å². The zero-order chi connectivity index (χ0) is 14.3. The van der Waals surface area contributed by atoms with Gasteiger partial charge in [-0.25, -0.2) is 9.78 Å². The number of carboxylic acid groups (broad SMARTS) is 1. The van der Waals surface area contributed by atoms with Gasteiger partial charge in [0.15, 0.2) is 0 Å². The van der Waals surface area contributed by atoms with Crippen molar-refractivity contribution in [2.75, 3.05) is 5.32 Å². The summed E-state index contributed by atoms with van der Waals surface area (Å²) in [4.78, 5) is 27.0. The third kappa shape index (κ3) is 4.35. The van der Waals surface area contributed by atoms with Crippen LogP contribution in [-0.4, -0.2) is 22.0 Å². The van der Waals surface area contributed by atoms with Crippen LogP contribution in [0.4, 0.5) is 5.82 Å². The monoisotopic (exact) mass is 264 g/mol. The van der Waals surface area contributed by atoms with Crippen LogP contribution in [0.2, 0.25) is 0 Å². The Morgan fingerprint density at radius 3 is 2.74 bits per heavy atom. The number of aromatic nitrogens is 1. The average Bonchev–Trinajstić information content (AvgIpc) is 2.40. The van der Waals surface area contributed by atoms with Gasteiger partial charge < -0.3 is 10.4 Å². The molecule has 5 heteroatoms. The molecule has 104 valence electrons. The molecule has 0 radical (unpaired) electrons. The van der Waals surface area contributed by atoms with Crippen LogP contribution in [0.15, 0.2) is 18.3 Å². The number of hydrogen-bond donors (Lipinski definition) is 2. The second kappa shape index (κ2) is 7.51. The number of aromatic carboxylic acids is 1. The highest BCUT2D eigenvalue weighted by Gasteiger charge is 2.19. The van der Waals surface area contributed by atoms with Crippen LogP contribution >= 0.6 is 0 Å². The fourth-order valence-electron chi connectivity index (χ4n) is 1.87. The number of carboxylic acids is 1. The Bertz CT molecular complexity index is 446. The summed E-state index contributed by atoms with van der Waals surface area (Å²) in [5, 5.41) is 11.6. The lowest BCUT2D eigenvalue weighted by Gasteiger charge is -2.14. The maximum absolute atomic E-state index is 12.1. The first kappa shape index (κ1) is 15.1. The zero-order valence-corrected chi connectivity index (χ0v) is 11.3. The van der Waals surface area contributed by atoms with Gasteiger partial charge in [-0.2, -0.15) is 0 Å². The molecule has 2 N–H and O–H groups in total. The van der Waals surface area contributed by atoms with Gasteiger partial charge in [0.05, 0.1) is 0 Å². The Labute approximate surface area is 113 Å². The Hall–Kier alpha value is -1.91. The van der Waals surface area contributed by atoms with E-state index < -0.39 is 5.97 Å². The van der Waals surface area contributed by atoms with Crippen LogP contribution in [-0.2, 0) is 4.79 Å². The van der Waals surface area contributed by atoms with E-state index in [-0.39, 0.29) is 23.2 Å². The van der Waals surface area contributed by atoms with Gasteiger partial charge in [0, 0.05) is 12.1 Å². The number of unbranched alkanes of at least 4 members (excludes halogenated alkanes) is 1. The number of carbonyl (C=O) groups is 2. The SMILES string of the molecule is CCCCC(CC)C(=O)Nc1ncccc1C(=O)O. The Kier molecular flexibility index (Phi) is 5.99. The predicted octanol–water partition coefficient (Wildman–Crippen LogP) is 2.93. The van der Waals surface area contributed by atoms with E-state index in [1.807, 2.05) is 6.92 Å². The van der Waals surface area contributed by atoms with Gasteiger partial charge in [-0.05, 0) is 25.0 Å². The van der Waals surface area contributed by atoms with Crippen molar-refractivity contribution in [3.63, 3.8) is 0 Å². The summed E-state index contributed by atoms with van der Waals surface area (Å²) in [6.07, 6.45) is 5.04. The van der Waals surface area contributed by atoms with Crippen molar-refractivity contribution in [3.8, 4) is 0 Å². The van der Waals surface area contributed by atoms with E-state index >= 15 is 0 Å². The molecule has 19 heavy (non-hydrogen) atoms. The minimum absolute atomic E-state index is 0.0150. The van der Waals surface area contributed by atoms with E-state index in [4.69, 9.17) is 5.11 Å². The van der Waals surface area contributed by atoms with E-state index in [2.05, 4.69) is 17.2 Å². The number of carbonyl (C=O) groups excluding carboxylic acids is 1. The lowest BCUT2D eigenvalue weighted by atomic mass is 9.98. The molecule has 1 atom stereocenters. The smallest absolute Gasteiger partial charge is 0.339 e. The lowest BCUT2D eigenvalue weighted by Crippen LogP contribution is -2.24. The highest BCUT2D eigenvalue weighted by atomic mass is 16.4. The largest absolute Gasteiger partial charge is 0.478 e. The number of pyridine rings is 1. The van der Waals surface area contributed by atoms with E-state index in [0.717, 1.165) is 25.7 Å². The third-order valence-electron chi connectivity index (χ3n) is 3.05. The summed E-state index contributed by atoms with van der Waals surface area (Å²) in [5.41, 5.74) is 0.0150. The average molecular weight is 264 g/mol. The highest BCUT2D eigenvalue weighted by Crippen LogP contribution is 2.17. The fraction of sp³-hybridized carbons (Fsp3) is 0.500. The van der Waals surface area contributed by atoms with Gasteiger partial charge in [-0.3, -0.25) is 4.79 Å². The van der Waals surface area contributed by atoms with Gasteiger partial charge in [0.1, 0.15) is 11.4 Å². The number of nitrogens with zero attached hydrogens (tertiary/aromatic N) is 1. The number of rotatable bonds is 7. The molecule has 1 rings (SSSR count). The van der Waals surface area contributed by atoms with Crippen LogP contribution in [0, 0.1) is 5.92 Å². The van der Waals surface area contributed by atoms with Crippen LogP contribution in [0.25, 0.3) is 0 Å². The fourth-order valence-corrected chi connectivity index (χ4v) is 1.87. The normalized spacial score (nSPS) is 11.9. The van der Waals surface area contributed by atoms with Gasteiger partial charge in [0.25, 0.3) is 0 Å². The molecule has 1 heterocycles. The summed E-state index contributed by atoms with van der Waals surface area (Å²) in [6, 6.07) is 2.96. The molecule has 1 amide bonds. The summed E-state index contributed by atoms with van der Waals surface area (Å²) in [6.45, 7) is 4.03. The molecule has 0 saturated heterocycles. The van der Waals surface area contributed by atoms with Crippen molar-refractivity contribution in [2.45, 2.75) is 39.5 Å². The molecule has 0 spiro atoms. The van der Waals surface area contributed by atoms with Crippen molar-refractivity contribution in [1.82, 2.24) is 4.98 Å². The topological polar surface area (TPSA) is 79.3 Å². The molecule has 0 saturated carbocycles. The Morgan fingerprint density at radius 2 is 2.16 bits per heavy atom. The van der Waals surface area contributed by atoms with Crippen LogP contribution in [0.5, 0.6) is 0 Å². The molecule has 0 aliphatic carbocycles. The van der Waals surface area contributed by atoms with E-state index in [1.165, 1.54) is 18.3 Å². The first-order chi connectivity index (χ1) is 9.10. The maximum atomic E-state index is 12.1. The van der Waals surface area contributed by atoms with Gasteiger partial charge in [0.2, 0.25) is 5.91 Å². The molecule has 0 aliphatic rings. The number of amides is 1. The first-order valence-electron chi connectivity index (χ1n) is 6.59. The predicted molar refractivity (Wildman–Crippen MR) is 73.1 cm³/mol. The van der Waals surface area contributed by atoms with Crippen molar-refractivity contribution in [3.05, 3.63) is 23.9 Å². The minimum atomic E-state index is -1.09. The number of nitrogens with one attached hydrogen (secondary N) is 1. The van der Waals surface area contributed by atoms with Crippen LogP contribution in [0.1, 0.15) is 49.9 Å². The molecular weight excluding hydrogens is 244 g/mol. The molecule has 1 aromatic rings. The summed E-state index contributed by atoms with van der Waals surface area (Å²) >= 11 is 0. The summed E-state index contributed by atoms with van der Waals surface area (Å²) < 4.78 is 0. The molecular formula is C14H20N2O3. The second-order valence-electron chi connectivity index (χ2n) is 4.44. The molecule has 5 nitrogen and oxygen atoms in total. The van der Waals surface area contributed by atoms with E-state index in [1.54, 1.807) is 0 Å². The Balaban J connectivity index is 2.78. The molecule has 0 fully saturated rings. The van der Waals surface area contributed by atoms with Crippen molar-refractivity contribution >= 4 is 17.7 Å². The molecule has 1 unspecified atom stereocenters. The molecule has 0 bridgehead atoms. The van der Waals surface area contributed by atoms with Crippen LogP contribution < -0.4 is 5.32 Å². The van der Waals surface area contributed by atoms with Crippen molar-refractivity contribution in [1.29, 1.82) is 0 Å². The van der Waals surface area contributed by atoms with Gasteiger partial charge in [-0.1, -0.05) is 26.7 Å². The summed E-state index contributed by atoms with van der Waals surface area (Å²) in [5.74, 6) is -1.22. The Morgan fingerprint density at radius 1 is 1.42 bits per heavy atom. The quantitative estimate of drug-likeness (QED) is 0.793. The molecule has 0 aliphatic heterocycles. The standard InChI is InChI=1S/C14H20N2O3/c1-3-5-7-10(4-2)13(17)16-12-11(14(18)19)8-6-9-15-12/h6,8-10H,3-5,7H2,1-2H3,(H,18,19)(H,15,16,17). The zero-order valence-electron chi connectivity index (χ0n) is 11.3. The summed E-state index contributed by atoms with van der Waals surface area (Å²) in [7, 11) is 0. The second-order valence-corrected chi connectivity index (χ2v) is 4.44. The van der Waals surface area contributed by atoms with E-state index in [9.17, 15) is 9.59 Å². The van der Waals surface area contributed by atoms with Gasteiger partial charge in [-0.15, -0.1) is 0 Å². The number of anilines is 1. The first-order valence-corrected chi connectivity index (χ1v) is 6.59. The highest BCUT2D eigenvalue weighted by molar-refractivity contribution is 5.99. The van der Waals surface area contributed by atoms with Crippen molar-refractivity contribution in [2.24, 2.45) is 5.92 Å². The number of hydrogen-bond acceptors (Lipinski definition) is 3. The van der Waals surface area contributed by atoms with Crippen molar-refractivity contribution < 1.29 is 14.7 Å². The maximum Gasteiger partial charge on any atom is 0.339 e. The third-order valence-corrected chi connectivity index (χ3v) is 3.05. The van der Waals surface area contributed by atoms with Crippen LogP contribution in [0.3, 0.4) is 0 Å². The molecule has 1 aromatic heterocycles. The lowest BCUT2D eigenvalue weighted by molar-refractivity contribution is -0.120. The molecule has 0 aromatic carbocycles. The minimum Gasteiger partial charge on any atom is -0.478 e. The van der Waals surface area contributed by atoms with Gasteiger partial charge >= 0.3 is 5.97 Å².